The molecule has 0 fully saturated rings. The Labute approximate surface area is 380 Å². The summed E-state index contributed by atoms with van der Waals surface area (Å²) in [7, 11) is 2.31. The van der Waals surface area contributed by atoms with Crippen LogP contribution in [0.25, 0.3) is 0 Å². The molecule has 8 rings (SSSR count). The summed E-state index contributed by atoms with van der Waals surface area (Å²) in [6.45, 7) is 0. The van der Waals surface area contributed by atoms with E-state index in [9.17, 15) is 22.8 Å². The normalized spacial score (nSPS) is 16.3. The first-order valence-corrected chi connectivity index (χ1v) is 22.9. The van der Waals surface area contributed by atoms with Crippen molar-refractivity contribution >= 4 is 38.7 Å². The quantitative estimate of drug-likeness (QED) is 0.143. The number of methoxy groups -OCH3 is 1. The maximum Gasteiger partial charge on any atom is 0.335 e. The van der Waals surface area contributed by atoms with Gasteiger partial charge in [-0.05, 0) is 102 Å². The highest BCUT2D eigenvalue weighted by atomic mass is 32.2. The molecule has 0 saturated heterocycles. The van der Waals surface area contributed by atoms with Crippen molar-refractivity contribution in [3.8, 4) is 29.6 Å². The van der Waals surface area contributed by atoms with Gasteiger partial charge in [-0.1, -0.05) is 66.1 Å². The van der Waals surface area contributed by atoms with Crippen LogP contribution >= 0.6 is 0 Å². The average molecular weight is 885 g/mol. The summed E-state index contributed by atoms with van der Waals surface area (Å²) in [4.78, 5) is 50.2. The Morgan fingerprint density at radius 3 is 2.18 bits per heavy atom. The van der Waals surface area contributed by atoms with Gasteiger partial charge < -0.3 is 19.6 Å². The van der Waals surface area contributed by atoms with Gasteiger partial charge in [0.2, 0.25) is 5.88 Å². The highest BCUT2D eigenvalue weighted by molar-refractivity contribution is 7.90. The molecule has 0 radical (unpaired) electrons. The second kappa shape index (κ2) is 20.3. The largest absolute Gasteiger partial charge is 0.481 e. The Hall–Kier alpha value is -7.54. The summed E-state index contributed by atoms with van der Waals surface area (Å²) >= 11 is 0. The third-order valence-corrected chi connectivity index (χ3v) is 12.7. The van der Waals surface area contributed by atoms with E-state index in [4.69, 9.17) is 9.84 Å². The van der Waals surface area contributed by atoms with E-state index in [1.54, 1.807) is 62.1 Å². The van der Waals surface area contributed by atoms with Crippen molar-refractivity contribution in [1.29, 1.82) is 0 Å². The van der Waals surface area contributed by atoms with Crippen molar-refractivity contribution in [3.63, 3.8) is 0 Å². The number of carbonyl (C=O) groups is 3. The number of hydrogen-bond acceptors (Lipinski definition) is 10. The molecule has 0 bridgehead atoms. The first-order valence-electron chi connectivity index (χ1n) is 21.0. The number of carbonyl (C=O) groups excluding carboxylic acids is 2. The van der Waals surface area contributed by atoms with E-state index in [2.05, 4.69) is 43.4 Å². The van der Waals surface area contributed by atoms with E-state index in [-0.39, 0.29) is 35.1 Å². The number of ketones is 2. The summed E-state index contributed by atoms with van der Waals surface area (Å²) in [6.07, 6.45) is 9.09. The number of pyridine rings is 2. The second-order valence-corrected chi connectivity index (χ2v) is 18.1. The molecule has 3 unspecified atom stereocenters. The topological polar surface area (TPSA) is 147 Å². The van der Waals surface area contributed by atoms with Crippen molar-refractivity contribution in [2.24, 2.45) is 5.92 Å². The smallest absolute Gasteiger partial charge is 0.335 e. The second-order valence-electron chi connectivity index (χ2n) is 16.0. The first-order chi connectivity index (χ1) is 31.3. The van der Waals surface area contributed by atoms with Crippen molar-refractivity contribution < 1.29 is 32.6 Å². The van der Waals surface area contributed by atoms with Crippen molar-refractivity contribution in [3.05, 3.63) is 178 Å². The predicted molar refractivity (Wildman–Crippen MR) is 251 cm³/mol. The van der Waals surface area contributed by atoms with Gasteiger partial charge in [-0.25, -0.2) is 18.2 Å². The number of carboxylic acid groups (broad SMARTS) is 1. The lowest BCUT2D eigenvalue weighted by Gasteiger charge is -2.38. The van der Waals surface area contributed by atoms with E-state index in [0.717, 1.165) is 39.2 Å². The van der Waals surface area contributed by atoms with Gasteiger partial charge in [-0.2, -0.15) is 0 Å². The molecule has 4 heterocycles. The van der Waals surface area contributed by atoms with Crippen LogP contribution in [0, 0.1) is 29.6 Å². The number of benzene rings is 4. The first kappa shape index (κ1) is 45.5. The van der Waals surface area contributed by atoms with Gasteiger partial charge in [0.05, 0.1) is 23.5 Å². The maximum absolute atomic E-state index is 13.5. The fraction of sp³-hybridized carbons (Fsp3) is 0.226. The van der Waals surface area contributed by atoms with E-state index in [1.807, 2.05) is 93.0 Å². The number of para-hydroxylation sites is 1. The number of Topliss-reactive ketones (excluding diaryl/α,β-unsaturated/α-hetero) is 2. The number of aromatic carboxylic acids is 1. The van der Waals surface area contributed by atoms with Crippen molar-refractivity contribution in [2.75, 3.05) is 37.3 Å². The van der Waals surface area contributed by atoms with Crippen LogP contribution in [0.15, 0.2) is 139 Å². The summed E-state index contributed by atoms with van der Waals surface area (Å²) in [6, 6.07) is 34.3. The van der Waals surface area contributed by atoms with Gasteiger partial charge >= 0.3 is 5.97 Å². The zero-order valence-corrected chi connectivity index (χ0v) is 37.4. The minimum absolute atomic E-state index is 0.0154. The van der Waals surface area contributed by atoms with Crippen LogP contribution in [0.2, 0.25) is 0 Å². The highest BCUT2D eigenvalue weighted by Gasteiger charge is 2.38. The molecule has 2 aromatic heterocycles. The Morgan fingerprint density at radius 1 is 0.769 bits per heavy atom. The molecule has 6 aromatic rings. The molecule has 2 aliphatic heterocycles. The molecule has 0 saturated carbocycles. The van der Waals surface area contributed by atoms with Crippen molar-refractivity contribution in [1.82, 2.24) is 9.97 Å². The number of nitrogens with zero attached hydrogens (tertiary/aromatic N) is 4. The summed E-state index contributed by atoms with van der Waals surface area (Å²) in [5, 5.41) is 9.16. The predicted octanol–water partition coefficient (Wildman–Crippen LogP) is 7.61. The van der Waals surface area contributed by atoms with Gasteiger partial charge in [0.15, 0.2) is 21.4 Å². The SMILES string of the molecule is CN1c2ccc(C#CCc3cccnc3)cc2C(=O)CC1Cc1ccc(S(C)(=O)=O)cc1.COc1cc(CC#CC2C(Cc3ccc(C(=O)O)cc3)C(=O)c3ccccc3N2C)ccn1. The molecule has 65 heavy (non-hydrogen) atoms. The Morgan fingerprint density at radius 2 is 1.48 bits per heavy atom. The maximum atomic E-state index is 13.5. The number of carboxylic acids is 1. The number of anilines is 2. The highest BCUT2D eigenvalue weighted by Crippen LogP contribution is 2.35. The van der Waals surface area contributed by atoms with Crippen molar-refractivity contribution in [2.45, 2.75) is 49.1 Å². The molecule has 1 N–H and O–H groups in total. The van der Waals surface area contributed by atoms with Crippen LogP contribution in [0.5, 0.6) is 5.88 Å². The number of rotatable bonds is 9. The lowest BCUT2D eigenvalue weighted by Crippen LogP contribution is -2.46. The Kier molecular flexibility index (Phi) is 14.2. The monoisotopic (exact) mass is 884 g/mol. The number of fused-ring (bicyclic) bond motifs is 2. The average Bonchev–Trinajstić information content (AvgIpc) is 3.31. The van der Waals surface area contributed by atoms with Gasteiger partial charge in [0, 0.05) is 98.4 Å². The molecular formula is C53H48N4O7S. The van der Waals surface area contributed by atoms with Crippen LogP contribution in [0.3, 0.4) is 0 Å². The zero-order chi connectivity index (χ0) is 46.1. The third kappa shape index (κ3) is 11.2. The molecule has 11 nitrogen and oxygen atoms in total. The van der Waals surface area contributed by atoms with E-state index in [0.29, 0.717) is 54.0 Å². The van der Waals surface area contributed by atoms with Crippen LogP contribution in [-0.2, 0) is 35.5 Å². The number of hydrogen-bond donors (Lipinski definition) is 1. The molecule has 4 aromatic carbocycles. The zero-order valence-electron chi connectivity index (χ0n) is 36.6. The number of sulfone groups is 1. The lowest BCUT2D eigenvalue weighted by molar-refractivity contribution is 0.0696. The van der Waals surface area contributed by atoms with Gasteiger partial charge in [-0.15, -0.1) is 0 Å². The number of likely N-dealkylation sites (N-methyl/N-ethyl adjacent to an activating group) is 1. The molecule has 328 valence electrons. The van der Waals surface area contributed by atoms with Gasteiger partial charge in [-0.3, -0.25) is 14.6 Å². The number of aromatic nitrogens is 2. The Balaban J connectivity index is 0.000000194. The Bertz CT molecular complexity index is 2950. The summed E-state index contributed by atoms with van der Waals surface area (Å²) < 4.78 is 28.5. The minimum Gasteiger partial charge on any atom is -0.481 e. The molecule has 3 atom stereocenters. The van der Waals surface area contributed by atoms with E-state index in [1.165, 1.54) is 6.26 Å². The lowest BCUT2D eigenvalue weighted by atomic mass is 9.81. The summed E-state index contributed by atoms with van der Waals surface area (Å²) in [5.41, 5.74) is 8.14. The molecule has 0 amide bonds. The third-order valence-electron chi connectivity index (χ3n) is 11.6. The van der Waals surface area contributed by atoms with Gasteiger partial charge in [0.1, 0.15) is 6.04 Å². The summed E-state index contributed by atoms with van der Waals surface area (Å²) in [5.74, 6) is 12.2. The molecule has 2 aliphatic rings. The number of ether oxygens (including phenoxy) is 1. The standard InChI is InChI=1S/C27H24N2O4.C26H24N2O3S/c1-29-23-8-4-3-7-21(23)26(30)22(16-19-10-12-20(13-11-19)27(31)32)24(29)9-5-6-18-14-15-28-25(17-18)33-2;1-28-22(15-20-8-11-23(12-9-20)32(2,30)31)17-26(29)24-16-19(10-13-25(24)28)5-3-6-21-7-4-14-27-18-21/h3-4,7-8,10-15,17,22,24H,6,16H2,1-2H3,(H,31,32);4,7-14,16,18,22H,6,15,17H2,1-2H3. The van der Waals surface area contributed by atoms with Crippen LogP contribution in [0.1, 0.15) is 65.3 Å². The molecule has 0 aliphatic carbocycles. The van der Waals surface area contributed by atoms with Crippen LogP contribution < -0.4 is 14.5 Å². The van der Waals surface area contributed by atoms with Gasteiger partial charge in [0.25, 0.3) is 0 Å². The van der Waals surface area contributed by atoms with Crippen LogP contribution in [-0.4, -0.2) is 80.6 Å². The molecule has 0 spiro atoms. The minimum atomic E-state index is -3.22. The fourth-order valence-electron chi connectivity index (χ4n) is 8.03. The van der Waals surface area contributed by atoms with E-state index < -0.39 is 15.8 Å². The van der Waals surface area contributed by atoms with E-state index >= 15 is 0 Å². The van der Waals surface area contributed by atoms with Crippen LogP contribution in [0.4, 0.5) is 11.4 Å². The molecular weight excluding hydrogens is 837 g/mol. The fourth-order valence-corrected chi connectivity index (χ4v) is 8.66. The molecule has 12 heteroatoms.